The summed E-state index contributed by atoms with van der Waals surface area (Å²) in [5.41, 5.74) is 0.843. The monoisotopic (exact) mass is 209 g/mol. The fourth-order valence-electron chi connectivity index (χ4n) is 0.689. The van der Waals surface area contributed by atoms with Gasteiger partial charge in [-0.25, -0.2) is 0 Å². The van der Waals surface area contributed by atoms with Crippen molar-refractivity contribution in [1.29, 1.82) is 5.41 Å². The Morgan fingerprint density at radius 2 is 2.00 bits per heavy atom. The van der Waals surface area contributed by atoms with Crippen LogP contribution >= 0.6 is 11.6 Å². The Morgan fingerprint density at radius 3 is 2.43 bits per heavy atom. The van der Waals surface area contributed by atoms with E-state index in [0.29, 0.717) is 10.6 Å². The van der Waals surface area contributed by atoms with Crippen LogP contribution in [0.5, 0.6) is 0 Å². The van der Waals surface area contributed by atoms with E-state index in [1.54, 1.807) is 13.0 Å². The number of ketones is 1. The molecule has 0 atom stereocenters. The van der Waals surface area contributed by atoms with E-state index in [1.807, 2.05) is 0 Å². The molecule has 0 saturated heterocycles. The molecule has 0 aliphatic carbocycles. The van der Waals surface area contributed by atoms with Crippen LogP contribution in [0.3, 0.4) is 0 Å². The first-order valence-corrected chi connectivity index (χ1v) is 4.30. The second-order valence-corrected chi connectivity index (χ2v) is 3.09. The maximum atomic E-state index is 11.2. The number of carbonyl (C=O) groups is 1. The SMILES string of the molecule is C=C/C(Cl)=C\C(C)=C/C(=O)C(=C)C=N. The Hall–Kier alpha value is -1.41. The zero-order chi connectivity index (χ0) is 11.1. The lowest BCUT2D eigenvalue weighted by atomic mass is 10.1. The molecule has 0 aliphatic rings. The predicted molar refractivity (Wildman–Crippen MR) is 60.8 cm³/mol. The van der Waals surface area contributed by atoms with Gasteiger partial charge in [0.1, 0.15) is 0 Å². The largest absolute Gasteiger partial charge is 0.308 e. The van der Waals surface area contributed by atoms with Crippen molar-refractivity contribution in [3.63, 3.8) is 0 Å². The van der Waals surface area contributed by atoms with Gasteiger partial charge in [0.2, 0.25) is 0 Å². The predicted octanol–water partition coefficient (Wildman–Crippen LogP) is 3.02. The molecule has 0 unspecified atom stereocenters. The molecule has 0 spiro atoms. The van der Waals surface area contributed by atoms with E-state index >= 15 is 0 Å². The van der Waals surface area contributed by atoms with Crippen LogP contribution in [0, 0.1) is 5.41 Å². The molecule has 3 heteroatoms. The highest BCUT2D eigenvalue weighted by Gasteiger charge is 1.99. The van der Waals surface area contributed by atoms with Crippen LogP contribution in [0.4, 0.5) is 0 Å². The topological polar surface area (TPSA) is 40.9 Å². The Balaban J connectivity index is 4.69. The summed E-state index contributed by atoms with van der Waals surface area (Å²) in [4.78, 5) is 11.2. The lowest BCUT2D eigenvalue weighted by Crippen LogP contribution is -1.98. The number of nitrogens with one attached hydrogen (secondary N) is 1. The van der Waals surface area contributed by atoms with E-state index in [2.05, 4.69) is 13.2 Å². The summed E-state index contributed by atoms with van der Waals surface area (Å²) in [6, 6.07) is 0. The average molecular weight is 210 g/mol. The highest BCUT2D eigenvalue weighted by Crippen LogP contribution is 2.08. The Bertz CT molecular complexity index is 337. The Morgan fingerprint density at radius 1 is 1.43 bits per heavy atom. The molecular formula is C11H12ClNO. The highest BCUT2D eigenvalue weighted by molar-refractivity contribution is 6.31. The molecule has 0 amide bonds. The van der Waals surface area contributed by atoms with Crippen LogP contribution in [-0.2, 0) is 4.79 Å². The van der Waals surface area contributed by atoms with Gasteiger partial charge >= 0.3 is 0 Å². The Kier molecular flexibility index (Phi) is 5.49. The molecular weight excluding hydrogens is 198 g/mol. The number of halogens is 1. The molecule has 0 aromatic carbocycles. The molecule has 0 saturated carbocycles. The van der Waals surface area contributed by atoms with E-state index in [9.17, 15) is 4.79 Å². The molecule has 0 radical (unpaired) electrons. The molecule has 0 aromatic heterocycles. The first kappa shape index (κ1) is 12.6. The summed E-state index contributed by atoms with van der Waals surface area (Å²) in [7, 11) is 0. The quantitative estimate of drug-likeness (QED) is 0.422. The van der Waals surface area contributed by atoms with Gasteiger partial charge in [0, 0.05) is 16.8 Å². The smallest absolute Gasteiger partial charge is 0.187 e. The van der Waals surface area contributed by atoms with Crippen molar-refractivity contribution in [2.45, 2.75) is 6.92 Å². The molecule has 1 N–H and O–H groups in total. The molecule has 74 valence electrons. The summed E-state index contributed by atoms with van der Waals surface area (Å²) in [5, 5.41) is 7.29. The number of rotatable bonds is 5. The third-order valence-electron chi connectivity index (χ3n) is 1.41. The fraction of sp³-hybridized carbons (Fsp3) is 0.0909. The molecule has 0 aliphatic heterocycles. The van der Waals surface area contributed by atoms with E-state index < -0.39 is 0 Å². The van der Waals surface area contributed by atoms with Crippen molar-refractivity contribution in [2.75, 3.05) is 0 Å². The number of carbonyl (C=O) groups excluding carboxylic acids is 1. The normalized spacial score (nSPS) is 12.1. The summed E-state index contributed by atoms with van der Waals surface area (Å²) < 4.78 is 0. The van der Waals surface area contributed by atoms with Crippen molar-refractivity contribution in [1.82, 2.24) is 0 Å². The van der Waals surface area contributed by atoms with Crippen LogP contribution in [0.15, 0.2) is 47.6 Å². The lowest BCUT2D eigenvalue weighted by molar-refractivity contribution is -0.110. The minimum Gasteiger partial charge on any atom is -0.308 e. The van der Waals surface area contributed by atoms with Crippen LogP contribution in [0.2, 0.25) is 0 Å². The van der Waals surface area contributed by atoms with Gasteiger partial charge in [-0.15, -0.1) is 0 Å². The van der Waals surface area contributed by atoms with Crippen LogP contribution in [0.25, 0.3) is 0 Å². The first-order valence-electron chi connectivity index (χ1n) is 3.93. The summed E-state index contributed by atoms with van der Waals surface area (Å²) in [5.74, 6) is -0.290. The van der Waals surface area contributed by atoms with E-state index in [0.717, 1.165) is 6.21 Å². The van der Waals surface area contributed by atoms with Gasteiger partial charge in [0.15, 0.2) is 5.78 Å². The molecule has 0 heterocycles. The number of hydrogen-bond donors (Lipinski definition) is 1. The lowest BCUT2D eigenvalue weighted by Gasteiger charge is -1.94. The van der Waals surface area contributed by atoms with Gasteiger partial charge in [0.25, 0.3) is 0 Å². The fourth-order valence-corrected chi connectivity index (χ4v) is 0.861. The highest BCUT2D eigenvalue weighted by atomic mass is 35.5. The minimum atomic E-state index is -0.290. The van der Waals surface area contributed by atoms with Crippen LogP contribution < -0.4 is 0 Å². The molecule has 0 fully saturated rings. The standard InChI is InChI=1S/C11H12ClNO/c1-4-10(12)5-8(2)6-11(14)9(3)7-13/h4-7,13H,1,3H2,2H3/b8-6-,10-5+,13-7?. The molecule has 0 bridgehead atoms. The van der Waals surface area contributed by atoms with E-state index in [-0.39, 0.29) is 11.4 Å². The average Bonchev–Trinajstić information content (AvgIpc) is 2.15. The van der Waals surface area contributed by atoms with Crippen LogP contribution in [0.1, 0.15) is 6.92 Å². The van der Waals surface area contributed by atoms with Gasteiger partial charge in [-0.05, 0) is 24.6 Å². The maximum absolute atomic E-state index is 11.2. The van der Waals surface area contributed by atoms with Crippen molar-refractivity contribution < 1.29 is 4.79 Å². The van der Waals surface area contributed by atoms with Gasteiger partial charge in [-0.1, -0.05) is 30.8 Å². The molecule has 14 heavy (non-hydrogen) atoms. The molecule has 0 aromatic rings. The number of hydrogen-bond acceptors (Lipinski definition) is 2. The van der Waals surface area contributed by atoms with Gasteiger partial charge < -0.3 is 5.41 Å². The second kappa shape index (κ2) is 6.11. The summed E-state index contributed by atoms with van der Waals surface area (Å²) >= 11 is 5.68. The summed E-state index contributed by atoms with van der Waals surface area (Å²) in [6.07, 6.45) is 5.39. The first-order chi connectivity index (χ1) is 6.51. The van der Waals surface area contributed by atoms with Crippen molar-refractivity contribution in [3.05, 3.63) is 47.6 Å². The van der Waals surface area contributed by atoms with Gasteiger partial charge in [0.05, 0.1) is 0 Å². The third-order valence-corrected chi connectivity index (χ3v) is 1.67. The molecule has 2 nitrogen and oxygen atoms in total. The van der Waals surface area contributed by atoms with Gasteiger partial charge in [-0.2, -0.15) is 0 Å². The molecule has 0 rings (SSSR count). The van der Waals surface area contributed by atoms with Gasteiger partial charge in [-0.3, -0.25) is 4.79 Å². The van der Waals surface area contributed by atoms with Crippen LogP contribution in [-0.4, -0.2) is 12.0 Å². The minimum absolute atomic E-state index is 0.146. The second-order valence-electron chi connectivity index (χ2n) is 2.66. The summed E-state index contributed by atoms with van der Waals surface area (Å²) in [6.45, 7) is 8.63. The van der Waals surface area contributed by atoms with Crippen molar-refractivity contribution in [3.8, 4) is 0 Å². The third kappa shape index (κ3) is 4.58. The maximum Gasteiger partial charge on any atom is 0.187 e. The van der Waals surface area contributed by atoms with Crippen molar-refractivity contribution >= 4 is 23.6 Å². The Labute approximate surface area is 88.8 Å². The number of allylic oxidation sites excluding steroid dienone is 6. The van der Waals surface area contributed by atoms with E-state index in [4.69, 9.17) is 17.0 Å². The van der Waals surface area contributed by atoms with E-state index in [1.165, 1.54) is 12.2 Å². The zero-order valence-corrected chi connectivity index (χ0v) is 8.77. The zero-order valence-electron chi connectivity index (χ0n) is 8.01. The van der Waals surface area contributed by atoms with Crippen molar-refractivity contribution in [2.24, 2.45) is 0 Å².